The van der Waals surface area contributed by atoms with Crippen LogP contribution in [0.5, 0.6) is 0 Å². The number of carboxylic acid groups (broad SMARTS) is 1. The second kappa shape index (κ2) is 8.22. The summed E-state index contributed by atoms with van der Waals surface area (Å²) in [6, 6.07) is 8.82. The maximum Gasteiger partial charge on any atom is 0.326 e. The molecule has 1 amide bonds. The van der Waals surface area contributed by atoms with Gasteiger partial charge >= 0.3 is 5.97 Å². The minimum Gasteiger partial charge on any atom is -0.480 e. The number of nitrogens with zero attached hydrogens (tertiary/aromatic N) is 1. The third-order valence-corrected chi connectivity index (χ3v) is 5.10. The van der Waals surface area contributed by atoms with Crippen molar-refractivity contribution in [3.8, 4) is 10.6 Å². The molecular formula is C18H20N2O4S. The molecule has 1 fully saturated rings. The summed E-state index contributed by atoms with van der Waals surface area (Å²) < 4.78 is 5.34. The van der Waals surface area contributed by atoms with Crippen molar-refractivity contribution in [3.63, 3.8) is 0 Å². The molecule has 1 aliphatic rings. The zero-order chi connectivity index (χ0) is 17.6. The predicted molar refractivity (Wildman–Crippen MR) is 94.4 cm³/mol. The lowest BCUT2D eigenvalue weighted by Crippen LogP contribution is -2.48. The van der Waals surface area contributed by atoms with E-state index in [1.165, 1.54) is 11.3 Å². The van der Waals surface area contributed by atoms with Crippen LogP contribution in [0, 0.1) is 5.92 Å². The number of hydrogen-bond donors (Lipinski definition) is 2. The first-order valence-corrected chi connectivity index (χ1v) is 9.11. The van der Waals surface area contributed by atoms with Gasteiger partial charge in [0.05, 0.1) is 18.7 Å². The van der Waals surface area contributed by atoms with Crippen LogP contribution in [0.1, 0.15) is 18.5 Å². The minimum absolute atomic E-state index is 0.0701. The molecule has 132 valence electrons. The Labute approximate surface area is 149 Å². The molecule has 2 heterocycles. The van der Waals surface area contributed by atoms with Gasteiger partial charge in [-0.1, -0.05) is 30.3 Å². The highest BCUT2D eigenvalue weighted by Gasteiger charge is 2.31. The van der Waals surface area contributed by atoms with Gasteiger partial charge in [0.2, 0.25) is 5.91 Å². The Morgan fingerprint density at radius 3 is 2.84 bits per heavy atom. The van der Waals surface area contributed by atoms with Crippen LogP contribution < -0.4 is 5.32 Å². The van der Waals surface area contributed by atoms with Crippen molar-refractivity contribution < 1.29 is 19.4 Å². The fraction of sp³-hybridized carbons (Fsp3) is 0.389. The van der Waals surface area contributed by atoms with Crippen LogP contribution in [0.2, 0.25) is 0 Å². The van der Waals surface area contributed by atoms with Crippen molar-refractivity contribution in [2.24, 2.45) is 5.92 Å². The second-order valence-electron chi connectivity index (χ2n) is 6.05. The van der Waals surface area contributed by atoms with E-state index >= 15 is 0 Å². The van der Waals surface area contributed by atoms with E-state index in [4.69, 9.17) is 4.74 Å². The number of aromatic nitrogens is 1. The van der Waals surface area contributed by atoms with E-state index in [-0.39, 0.29) is 18.2 Å². The second-order valence-corrected chi connectivity index (χ2v) is 6.91. The number of carboxylic acids is 1. The van der Waals surface area contributed by atoms with Crippen LogP contribution in [0.3, 0.4) is 0 Å². The first-order valence-electron chi connectivity index (χ1n) is 8.23. The molecule has 2 atom stereocenters. The Bertz CT molecular complexity index is 726. The highest BCUT2D eigenvalue weighted by Crippen LogP contribution is 2.23. The van der Waals surface area contributed by atoms with Gasteiger partial charge < -0.3 is 15.2 Å². The largest absolute Gasteiger partial charge is 0.480 e. The van der Waals surface area contributed by atoms with Crippen molar-refractivity contribution in [3.05, 3.63) is 41.4 Å². The van der Waals surface area contributed by atoms with Gasteiger partial charge in [0.15, 0.2) is 0 Å². The summed E-state index contributed by atoms with van der Waals surface area (Å²) in [6.07, 6.45) is 1.63. The number of nitrogens with one attached hydrogen (secondary N) is 1. The van der Waals surface area contributed by atoms with E-state index in [1.54, 1.807) is 0 Å². The lowest BCUT2D eigenvalue weighted by Gasteiger charge is -2.28. The zero-order valence-electron chi connectivity index (χ0n) is 13.7. The molecule has 0 aliphatic carbocycles. The van der Waals surface area contributed by atoms with E-state index in [9.17, 15) is 14.7 Å². The number of aliphatic carboxylic acids is 1. The van der Waals surface area contributed by atoms with Gasteiger partial charge in [-0.05, 0) is 12.8 Å². The molecule has 0 saturated carbocycles. The molecule has 1 aromatic carbocycles. The van der Waals surface area contributed by atoms with E-state index in [0.29, 0.717) is 18.9 Å². The van der Waals surface area contributed by atoms with Crippen LogP contribution >= 0.6 is 11.3 Å². The third-order valence-electron chi connectivity index (χ3n) is 4.16. The van der Waals surface area contributed by atoms with Crippen LogP contribution in [0.25, 0.3) is 10.6 Å². The Morgan fingerprint density at radius 2 is 2.16 bits per heavy atom. The fourth-order valence-electron chi connectivity index (χ4n) is 2.90. The van der Waals surface area contributed by atoms with Gasteiger partial charge in [0.25, 0.3) is 0 Å². The van der Waals surface area contributed by atoms with Gasteiger partial charge in [0, 0.05) is 23.5 Å². The molecule has 1 saturated heterocycles. The van der Waals surface area contributed by atoms with Crippen molar-refractivity contribution >= 4 is 23.2 Å². The topological polar surface area (TPSA) is 88.5 Å². The van der Waals surface area contributed by atoms with Crippen LogP contribution in [-0.4, -0.2) is 41.2 Å². The van der Waals surface area contributed by atoms with E-state index in [1.807, 2.05) is 35.7 Å². The summed E-state index contributed by atoms with van der Waals surface area (Å²) in [5, 5.41) is 14.7. The molecule has 1 aromatic heterocycles. The molecule has 6 nitrogen and oxygen atoms in total. The summed E-state index contributed by atoms with van der Waals surface area (Å²) in [5.41, 5.74) is 1.65. The smallest absolute Gasteiger partial charge is 0.326 e. The molecule has 1 aliphatic heterocycles. The molecule has 2 aromatic rings. The maximum absolute atomic E-state index is 12.3. The first kappa shape index (κ1) is 17.6. The fourth-order valence-corrected chi connectivity index (χ4v) is 3.73. The Hall–Kier alpha value is -2.25. The minimum atomic E-state index is -1.02. The van der Waals surface area contributed by atoms with Crippen LogP contribution in [0.4, 0.5) is 0 Å². The average molecular weight is 360 g/mol. The highest BCUT2D eigenvalue weighted by atomic mass is 32.1. The van der Waals surface area contributed by atoms with Crippen molar-refractivity contribution in [1.29, 1.82) is 0 Å². The summed E-state index contributed by atoms with van der Waals surface area (Å²) in [7, 11) is 0. The SMILES string of the molecule is O=C(Cc1csc(-c2ccccc2)n1)NC(C(=O)O)C1CCCOC1. The summed E-state index contributed by atoms with van der Waals surface area (Å²) in [5.74, 6) is -1.54. The summed E-state index contributed by atoms with van der Waals surface area (Å²) in [4.78, 5) is 28.2. The number of amides is 1. The average Bonchev–Trinajstić information content (AvgIpc) is 3.09. The molecule has 2 unspecified atom stereocenters. The lowest BCUT2D eigenvalue weighted by molar-refractivity contribution is -0.145. The number of hydrogen-bond acceptors (Lipinski definition) is 5. The summed E-state index contributed by atoms with van der Waals surface area (Å²) >= 11 is 1.47. The molecule has 25 heavy (non-hydrogen) atoms. The van der Waals surface area contributed by atoms with Crippen molar-refractivity contribution in [2.75, 3.05) is 13.2 Å². The first-order chi connectivity index (χ1) is 12.1. The highest BCUT2D eigenvalue weighted by molar-refractivity contribution is 7.13. The number of benzene rings is 1. The normalized spacial score (nSPS) is 18.5. The zero-order valence-corrected chi connectivity index (χ0v) is 14.5. The van der Waals surface area contributed by atoms with E-state index < -0.39 is 12.0 Å². The van der Waals surface area contributed by atoms with Gasteiger partial charge in [-0.15, -0.1) is 11.3 Å². The quantitative estimate of drug-likeness (QED) is 0.825. The number of rotatable bonds is 6. The Morgan fingerprint density at radius 1 is 1.36 bits per heavy atom. The van der Waals surface area contributed by atoms with Gasteiger partial charge in [-0.3, -0.25) is 4.79 Å². The molecule has 0 bridgehead atoms. The van der Waals surface area contributed by atoms with Crippen LogP contribution in [-0.2, 0) is 20.7 Å². The molecule has 0 radical (unpaired) electrons. The molecular weight excluding hydrogens is 340 g/mol. The Kier molecular flexibility index (Phi) is 5.78. The third kappa shape index (κ3) is 4.64. The maximum atomic E-state index is 12.3. The number of ether oxygens (including phenoxy) is 1. The van der Waals surface area contributed by atoms with Gasteiger partial charge in [0.1, 0.15) is 11.0 Å². The summed E-state index contributed by atoms with van der Waals surface area (Å²) in [6.45, 7) is 1.02. The van der Waals surface area contributed by atoms with Gasteiger partial charge in [-0.2, -0.15) is 0 Å². The number of carbonyl (C=O) groups is 2. The lowest BCUT2D eigenvalue weighted by atomic mass is 9.93. The molecule has 2 N–H and O–H groups in total. The molecule has 3 rings (SSSR count). The van der Waals surface area contributed by atoms with E-state index in [0.717, 1.165) is 23.4 Å². The van der Waals surface area contributed by atoms with Crippen LogP contribution in [0.15, 0.2) is 35.7 Å². The van der Waals surface area contributed by atoms with Crippen molar-refractivity contribution in [2.45, 2.75) is 25.3 Å². The monoisotopic (exact) mass is 360 g/mol. The predicted octanol–water partition coefficient (Wildman–Crippen LogP) is 2.35. The number of carbonyl (C=O) groups excluding carboxylic acids is 1. The molecule has 0 spiro atoms. The van der Waals surface area contributed by atoms with Crippen molar-refractivity contribution in [1.82, 2.24) is 10.3 Å². The van der Waals surface area contributed by atoms with Gasteiger partial charge in [-0.25, -0.2) is 9.78 Å². The Balaban J connectivity index is 1.61. The molecule has 7 heteroatoms. The number of thiazole rings is 1. The standard InChI is InChI=1S/C18H20N2O4S/c21-15(20-16(18(22)23)13-7-4-8-24-10-13)9-14-11-25-17(19-14)12-5-2-1-3-6-12/h1-3,5-6,11,13,16H,4,7-10H2,(H,20,21)(H,22,23). The van der Waals surface area contributed by atoms with E-state index in [2.05, 4.69) is 10.3 Å².